The molecule has 1 saturated carbocycles. The van der Waals surface area contributed by atoms with Crippen LogP contribution in [0.1, 0.15) is 44.9 Å². The molecule has 0 heterocycles. The third kappa shape index (κ3) is 4.20. The smallest absolute Gasteiger partial charge is 0.166 e. The van der Waals surface area contributed by atoms with Crippen molar-refractivity contribution in [2.45, 2.75) is 51.0 Å². The molecular weight excluding hydrogens is 204 g/mol. The van der Waals surface area contributed by atoms with Gasteiger partial charge in [0, 0.05) is 12.6 Å². The van der Waals surface area contributed by atoms with Gasteiger partial charge in [0.15, 0.2) is 5.11 Å². The summed E-state index contributed by atoms with van der Waals surface area (Å²) >= 11 is 5.20. The molecule has 0 saturated heterocycles. The summed E-state index contributed by atoms with van der Waals surface area (Å²) in [5.41, 5.74) is 1.61. The lowest BCUT2D eigenvalue weighted by Gasteiger charge is -2.14. The molecule has 0 spiro atoms. The lowest BCUT2D eigenvalue weighted by molar-refractivity contribution is 0.667. The second-order valence-electron chi connectivity index (χ2n) is 4.53. The molecule has 2 aliphatic carbocycles. The number of hydrogen-bond donors (Lipinski definition) is 2. The van der Waals surface area contributed by atoms with Gasteiger partial charge in [0.25, 0.3) is 0 Å². The Morgan fingerprint density at radius 1 is 1.40 bits per heavy atom. The van der Waals surface area contributed by atoms with Gasteiger partial charge in [-0.2, -0.15) is 0 Å². The number of nitrogens with one attached hydrogen (secondary N) is 2. The molecule has 0 unspecified atom stereocenters. The van der Waals surface area contributed by atoms with Crippen molar-refractivity contribution in [3.8, 4) is 0 Å². The highest BCUT2D eigenvalue weighted by Gasteiger charge is 2.21. The minimum atomic E-state index is 0.666. The van der Waals surface area contributed by atoms with E-state index in [0.29, 0.717) is 6.04 Å². The molecule has 0 atom stereocenters. The summed E-state index contributed by atoms with van der Waals surface area (Å²) in [5.74, 6) is 0. The lowest BCUT2D eigenvalue weighted by Crippen LogP contribution is -2.37. The molecule has 15 heavy (non-hydrogen) atoms. The zero-order valence-corrected chi connectivity index (χ0v) is 10.0. The summed E-state index contributed by atoms with van der Waals surface area (Å²) in [5, 5.41) is 7.41. The molecule has 2 aliphatic rings. The van der Waals surface area contributed by atoms with Gasteiger partial charge in [0.1, 0.15) is 0 Å². The van der Waals surface area contributed by atoms with Crippen molar-refractivity contribution in [1.29, 1.82) is 0 Å². The van der Waals surface area contributed by atoms with Crippen LogP contribution in [0.2, 0.25) is 0 Å². The van der Waals surface area contributed by atoms with Crippen molar-refractivity contribution in [2.75, 3.05) is 6.54 Å². The maximum absolute atomic E-state index is 5.20. The van der Waals surface area contributed by atoms with E-state index in [1.165, 1.54) is 38.5 Å². The molecule has 0 aromatic rings. The second kappa shape index (κ2) is 5.50. The van der Waals surface area contributed by atoms with Crippen molar-refractivity contribution in [3.63, 3.8) is 0 Å². The van der Waals surface area contributed by atoms with Crippen LogP contribution >= 0.6 is 12.2 Å². The van der Waals surface area contributed by atoms with E-state index in [0.717, 1.165) is 18.1 Å². The molecule has 2 rings (SSSR count). The van der Waals surface area contributed by atoms with E-state index >= 15 is 0 Å². The largest absolute Gasteiger partial charge is 0.362 e. The molecule has 0 aromatic carbocycles. The Morgan fingerprint density at radius 3 is 2.93 bits per heavy atom. The van der Waals surface area contributed by atoms with Crippen LogP contribution in [0.25, 0.3) is 0 Å². The van der Waals surface area contributed by atoms with Gasteiger partial charge in [-0.05, 0) is 57.2 Å². The van der Waals surface area contributed by atoms with Crippen molar-refractivity contribution >= 4 is 17.3 Å². The first-order valence-corrected chi connectivity index (χ1v) is 6.48. The van der Waals surface area contributed by atoms with Gasteiger partial charge in [0.2, 0.25) is 0 Å². The predicted molar refractivity (Wildman–Crippen MR) is 67.9 cm³/mol. The molecule has 3 heteroatoms. The van der Waals surface area contributed by atoms with E-state index in [1.54, 1.807) is 5.57 Å². The molecular formula is C12H20N2S. The Bertz CT molecular complexity index is 256. The summed E-state index contributed by atoms with van der Waals surface area (Å²) in [7, 11) is 0. The zero-order valence-electron chi connectivity index (χ0n) is 9.22. The highest BCUT2D eigenvalue weighted by Crippen LogP contribution is 2.20. The first kappa shape index (κ1) is 10.9. The van der Waals surface area contributed by atoms with Gasteiger partial charge < -0.3 is 10.6 Å². The van der Waals surface area contributed by atoms with E-state index in [1.807, 2.05) is 0 Å². The van der Waals surface area contributed by atoms with E-state index in [9.17, 15) is 0 Å². The van der Waals surface area contributed by atoms with Crippen molar-refractivity contribution in [1.82, 2.24) is 10.6 Å². The summed E-state index contributed by atoms with van der Waals surface area (Å²) in [4.78, 5) is 0. The van der Waals surface area contributed by atoms with E-state index < -0.39 is 0 Å². The normalized spacial score (nSPS) is 20.7. The first-order chi connectivity index (χ1) is 7.34. The molecule has 0 aliphatic heterocycles. The van der Waals surface area contributed by atoms with Crippen molar-refractivity contribution < 1.29 is 0 Å². The molecule has 2 N–H and O–H groups in total. The third-order valence-electron chi connectivity index (χ3n) is 3.03. The Kier molecular flexibility index (Phi) is 4.01. The van der Waals surface area contributed by atoms with Crippen molar-refractivity contribution in [3.05, 3.63) is 11.6 Å². The third-order valence-corrected chi connectivity index (χ3v) is 3.29. The molecule has 0 amide bonds. The first-order valence-electron chi connectivity index (χ1n) is 6.07. The minimum absolute atomic E-state index is 0.666. The molecule has 0 radical (unpaired) electrons. The summed E-state index contributed by atoms with van der Waals surface area (Å²) in [6.45, 7) is 0.990. The van der Waals surface area contributed by atoms with E-state index in [4.69, 9.17) is 12.2 Å². The molecule has 84 valence electrons. The fourth-order valence-electron chi connectivity index (χ4n) is 1.93. The maximum atomic E-state index is 5.20. The average Bonchev–Trinajstić information content (AvgIpc) is 3.03. The highest BCUT2D eigenvalue weighted by atomic mass is 32.1. The van der Waals surface area contributed by atoms with Crippen LogP contribution in [-0.2, 0) is 0 Å². The second-order valence-corrected chi connectivity index (χ2v) is 4.94. The summed E-state index contributed by atoms with van der Waals surface area (Å²) in [6, 6.07) is 0.666. The SMILES string of the molecule is S=C(NCCC1=CCCCC1)NC1CC1. The number of rotatable bonds is 4. The lowest BCUT2D eigenvalue weighted by atomic mass is 9.97. The van der Waals surface area contributed by atoms with Gasteiger partial charge in [-0.15, -0.1) is 0 Å². The van der Waals surface area contributed by atoms with E-state index in [-0.39, 0.29) is 0 Å². The zero-order chi connectivity index (χ0) is 10.5. The average molecular weight is 224 g/mol. The standard InChI is InChI=1S/C12H20N2S/c15-12(14-11-6-7-11)13-9-8-10-4-2-1-3-5-10/h4,11H,1-3,5-9H2,(H2,13,14,15). The minimum Gasteiger partial charge on any atom is -0.362 e. The molecule has 1 fully saturated rings. The quantitative estimate of drug-likeness (QED) is 0.567. The number of hydrogen-bond acceptors (Lipinski definition) is 1. The fourth-order valence-corrected chi connectivity index (χ4v) is 2.20. The van der Waals surface area contributed by atoms with Crippen LogP contribution in [0.4, 0.5) is 0 Å². The van der Waals surface area contributed by atoms with Crippen LogP contribution < -0.4 is 10.6 Å². The fraction of sp³-hybridized carbons (Fsp3) is 0.750. The van der Waals surface area contributed by atoms with Crippen LogP contribution in [0, 0.1) is 0 Å². The van der Waals surface area contributed by atoms with E-state index in [2.05, 4.69) is 16.7 Å². The van der Waals surface area contributed by atoms with Gasteiger partial charge in [-0.25, -0.2) is 0 Å². The Hall–Kier alpha value is -0.570. The Morgan fingerprint density at radius 2 is 2.27 bits per heavy atom. The Labute approximate surface area is 97.5 Å². The van der Waals surface area contributed by atoms with Crippen LogP contribution in [0.15, 0.2) is 11.6 Å². The van der Waals surface area contributed by atoms with Gasteiger partial charge in [-0.1, -0.05) is 11.6 Å². The van der Waals surface area contributed by atoms with Gasteiger partial charge in [0.05, 0.1) is 0 Å². The monoisotopic (exact) mass is 224 g/mol. The molecule has 2 nitrogen and oxygen atoms in total. The Balaban J connectivity index is 1.56. The predicted octanol–water partition coefficient (Wildman–Crippen LogP) is 2.50. The van der Waals surface area contributed by atoms with Crippen molar-refractivity contribution in [2.24, 2.45) is 0 Å². The molecule has 0 bridgehead atoms. The maximum Gasteiger partial charge on any atom is 0.166 e. The molecule has 0 aromatic heterocycles. The summed E-state index contributed by atoms with van der Waals surface area (Å²) in [6.07, 6.45) is 11.5. The van der Waals surface area contributed by atoms with Gasteiger partial charge >= 0.3 is 0 Å². The number of thiocarbonyl (C=S) groups is 1. The number of allylic oxidation sites excluding steroid dienone is 1. The van der Waals surface area contributed by atoms with Crippen LogP contribution in [-0.4, -0.2) is 17.7 Å². The van der Waals surface area contributed by atoms with Gasteiger partial charge in [-0.3, -0.25) is 0 Å². The van der Waals surface area contributed by atoms with Crippen LogP contribution in [0.5, 0.6) is 0 Å². The highest BCUT2D eigenvalue weighted by molar-refractivity contribution is 7.80. The van der Waals surface area contributed by atoms with Crippen LogP contribution in [0.3, 0.4) is 0 Å². The topological polar surface area (TPSA) is 24.1 Å². The summed E-state index contributed by atoms with van der Waals surface area (Å²) < 4.78 is 0.